The summed E-state index contributed by atoms with van der Waals surface area (Å²) in [4.78, 5) is 0. The molecule has 0 saturated carbocycles. The normalized spacial score (nSPS) is 13.5. The van der Waals surface area contributed by atoms with Crippen molar-refractivity contribution >= 4 is 21.6 Å². The summed E-state index contributed by atoms with van der Waals surface area (Å²) in [5.41, 5.74) is 6.53. The van der Waals surface area contributed by atoms with Crippen molar-refractivity contribution in [2.24, 2.45) is 5.73 Å². The van der Waals surface area contributed by atoms with Gasteiger partial charge in [0.15, 0.2) is 11.5 Å². The zero-order valence-electron chi connectivity index (χ0n) is 7.11. The van der Waals surface area contributed by atoms with Crippen LogP contribution in [0.2, 0.25) is 0 Å². The molecule has 2 rings (SSSR count). The van der Waals surface area contributed by atoms with E-state index >= 15 is 0 Å². The molecule has 0 aromatic carbocycles. The molecule has 2 N–H and O–H groups in total. The highest BCUT2D eigenvalue weighted by Crippen LogP contribution is 2.14. The number of nitrogens with zero attached hydrogens (tertiary/aromatic N) is 3. The predicted molar refractivity (Wildman–Crippen MR) is 53.3 cm³/mol. The third-order valence-electron chi connectivity index (χ3n) is 1.81. The van der Waals surface area contributed by atoms with Crippen molar-refractivity contribution in [1.82, 2.24) is 14.6 Å². The first-order valence-electron chi connectivity index (χ1n) is 3.94. The van der Waals surface area contributed by atoms with E-state index in [-0.39, 0.29) is 6.04 Å². The van der Waals surface area contributed by atoms with Gasteiger partial charge < -0.3 is 5.73 Å². The minimum absolute atomic E-state index is 0.101. The zero-order chi connectivity index (χ0) is 9.42. The van der Waals surface area contributed by atoms with E-state index < -0.39 is 0 Å². The lowest BCUT2D eigenvalue weighted by Crippen LogP contribution is -2.09. The highest BCUT2D eigenvalue weighted by molar-refractivity contribution is 9.10. The smallest absolute Gasteiger partial charge is 0.161 e. The van der Waals surface area contributed by atoms with Gasteiger partial charge in [-0.15, -0.1) is 10.2 Å². The van der Waals surface area contributed by atoms with E-state index in [1.165, 1.54) is 0 Å². The molecule has 0 saturated heterocycles. The molecule has 2 heterocycles. The Labute approximate surface area is 83.9 Å². The minimum atomic E-state index is -0.101. The molecular formula is C8H9BrN4. The highest BCUT2D eigenvalue weighted by atomic mass is 79.9. The number of halogens is 1. The fourth-order valence-electron chi connectivity index (χ4n) is 1.19. The number of hydrogen-bond acceptors (Lipinski definition) is 3. The lowest BCUT2D eigenvalue weighted by Gasteiger charge is -2.01. The molecule has 1 unspecified atom stereocenters. The Morgan fingerprint density at radius 2 is 2.31 bits per heavy atom. The van der Waals surface area contributed by atoms with E-state index in [4.69, 9.17) is 5.73 Å². The molecule has 4 nitrogen and oxygen atoms in total. The fourth-order valence-corrected chi connectivity index (χ4v) is 1.52. The summed E-state index contributed by atoms with van der Waals surface area (Å²) >= 11 is 3.37. The summed E-state index contributed by atoms with van der Waals surface area (Å²) in [6.07, 6.45) is 1.90. The van der Waals surface area contributed by atoms with Crippen molar-refractivity contribution < 1.29 is 0 Å². The van der Waals surface area contributed by atoms with Crippen LogP contribution < -0.4 is 5.73 Å². The van der Waals surface area contributed by atoms with E-state index in [9.17, 15) is 0 Å². The summed E-state index contributed by atoms with van der Waals surface area (Å²) < 4.78 is 2.87. The average molecular weight is 241 g/mol. The Morgan fingerprint density at radius 3 is 3.00 bits per heavy atom. The Morgan fingerprint density at radius 1 is 1.54 bits per heavy atom. The largest absolute Gasteiger partial charge is 0.322 e. The molecule has 0 bridgehead atoms. The highest BCUT2D eigenvalue weighted by Gasteiger charge is 2.08. The Balaban J connectivity index is 2.69. The van der Waals surface area contributed by atoms with Crippen LogP contribution in [-0.4, -0.2) is 14.6 Å². The molecule has 0 spiro atoms. The van der Waals surface area contributed by atoms with Crippen molar-refractivity contribution in [1.29, 1.82) is 0 Å². The standard InChI is InChI=1S/C8H9BrN4/c1-5(10)8-12-11-7-4-6(9)2-3-13(7)8/h2-5H,10H2,1H3. The molecule has 13 heavy (non-hydrogen) atoms. The molecule has 1 atom stereocenters. The second kappa shape index (κ2) is 3.08. The van der Waals surface area contributed by atoms with Crippen LogP contribution >= 0.6 is 15.9 Å². The van der Waals surface area contributed by atoms with E-state index in [0.29, 0.717) is 0 Å². The van der Waals surface area contributed by atoms with Gasteiger partial charge in [0.1, 0.15) is 0 Å². The lowest BCUT2D eigenvalue weighted by atomic mass is 10.3. The zero-order valence-corrected chi connectivity index (χ0v) is 8.69. The van der Waals surface area contributed by atoms with Crippen molar-refractivity contribution in [3.63, 3.8) is 0 Å². The lowest BCUT2D eigenvalue weighted by molar-refractivity contribution is 0.726. The molecule has 2 aromatic rings. The van der Waals surface area contributed by atoms with E-state index in [1.54, 1.807) is 0 Å². The van der Waals surface area contributed by atoms with Gasteiger partial charge in [-0.05, 0) is 19.1 Å². The van der Waals surface area contributed by atoms with Gasteiger partial charge in [-0.3, -0.25) is 4.40 Å². The van der Waals surface area contributed by atoms with Crippen molar-refractivity contribution in [3.05, 3.63) is 28.6 Å². The predicted octanol–water partition coefficient (Wildman–Crippen LogP) is 1.51. The molecule has 0 radical (unpaired) electrons. The first-order valence-corrected chi connectivity index (χ1v) is 4.73. The molecule has 0 fully saturated rings. The number of pyridine rings is 1. The van der Waals surface area contributed by atoms with Crippen LogP contribution in [0.25, 0.3) is 5.65 Å². The van der Waals surface area contributed by atoms with Crippen molar-refractivity contribution in [2.45, 2.75) is 13.0 Å². The summed E-state index contributed by atoms with van der Waals surface area (Å²) in [5.74, 6) is 0.780. The Kier molecular flexibility index (Phi) is 2.05. The van der Waals surface area contributed by atoms with Gasteiger partial charge in [0.25, 0.3) is 0 Å². The van der Waals surface area contributed by atoms with Crippen LogP contribution in [0.4, 0.5) is 0 Å². The fraction of sp³-hybridized carbons (Fsp3) is 0.250. The maximum Gasteiger partial charge on any atom is 0.161 e. The topological polar surface area (TPSA) is 56.2 Å². The molecule has 2 aromatic heterocycles. The van der Waals surface area contributed by atoms with Crippen LogP contribution in [0.5, 0.6) is 0 Å². The molecule has 0 amide bonds. The second-order valence-corrected chi connectivity index (χ2v) is 3.84. The summed E-state index contributed by atoms with van der Waals surface area (Å²) in [6.45, 7) is 1.89. The van der Waals surface area contributed by atoms with Gasteiger partial charge in [-0.1, -0.05) is 15.9 Å². The average Bonchev–Trinajstić information content (AvgIpc) is 2.46. The summed E-state index contributed by atoms with van der Waals surface area (Å²) in [5, 5.41) is 8.01. The summed E-state index contributed by atoms with van der Waals surface area (Å²) in [6, 6.07) is 3.73. The first-order chi connectivity index (χ1) is 6.18. The molecule has 0 aliphatic heterocycles. The molecule has 5 heteroatoms. The number of hydrogen-bond donors (Lipinski definition) is 1. The van der Waals surface area contributed by atoms with Crippen molar-refractivity contribution in [2.75, 3.05) is 0 Å². The SMILES string of the molecule is CC(N)c1nnc2cc(Br)ccn12. The number of nitrogens with two attached hydrogens (primary N) is 1. The maximum atomic E-state index is 5.73. The van der Waals surface area contributed by atoms with Gasteiger partial charge in [-0.25, -0.2) is 0 Å². The third kappa shape index (κ3) is 1.45. The number of rotatable bonds is 1. The van der Waals surface area contributed by atoms with Crippen LogP contribution in [0, 0.1) is 0 Å². The molecule has 68 valence electrons. The minimum Gasteiger partial charge on any atom is -0.322 e. The summed E-state index contributed by atoms with van der Waals surface area (Å²) in [7, 11) is 0. The van der Waals surface area contributed by atoms with Crippen LogP contribution in [0.1, 0.15) is 18.8 Å². The van der Waals surface area contributed by atoms with E-state index in [1.807, 2.05) is 29.7 Å². The number of aromatic nitrogens is 3. The number of fused-ring (bicyclic) bond motifs is 1. The Bertz CT molecular complexity index is 435. The van der Waals surface area contributed by atoms with E-state index in [0.717, 1.165) is 15.9 Å². The molecule has 0 aliphatic rings. The maximum absolute atomic E-state index is 5.73. The Hall–Kier alpha value is -0.940. The quantitative estimate of drug-likeness (QED) is 0.823. The van der Waals surface area contributed by atoms with Crippen LogP contribution in [0.15, 0.2) is 22.8 Å². The molecule has 0 aliphatic carbocycles. The van der Waals surface area contributed by atoms with Crippen LogP contribution in [-0.2, 0) is 0 Å². The van der Waals surface area contributed by atoms with Gasteiger partial charge in [0.2, 0.25) is 0 Å². The first kappa shape index (κ1) is 8.65. The second-order valence-electron chi connectivity index (χ2n) is 2.92. The van der Waals surface area contributed by atoms with Crippen molar-refractivity contribution in [3.8, 4) is 0 Å². The molecular weight excluding hydrogens is 232 g/mol. The van der Waals surface area contributed by atoms with Gasteiger partial charge in [0, 0.05) is 10.7 Å². The monoisotopic (exact) mass is 240 g/mol. The van der Waals surface area contributed by atoms with Gasteiger partial charge in [-0.2, -0.15) is 0 Å². The van der Waals surface area contributed by atoms with Crippen LogP contribution in [0.3, 0.4) is 0 Å². The van der Waals surface area contributed by atoms with E-state index in [2.05, 4.69) is 26.1 Å². The third-order valence-corrected chi connectivity index (χ3v) is 2.30. The van der Waals surface area contributed by atoms with Gasteiger partial charge in [0.05, 0.1) is 6.04 Å². The van der Waals surface area contributed by atoms with Gasteiger partial charge >= 0.3 is 0 Å².